The van der Waals surface area contributed by atoms with E-state index in [2.05, 4.69) is 25.7 Å². The van der Waals surface area contributed by atoms with Crippen LogP contribution >= 0.6 is 38.5 Å². The highest BCUT2D eigenvalue weighted by Crippen LogP contribution is 2.31. The monoisotopic (exact) mass is 425 g/mol. The molecule has 0 radical (unpaired) electrons. The van der Waals surface area contributed by atoms with Crippen LogP contribution in [0, 0.1) is 3.70 Å². The number of nitrogens with zero attached hydrogens (tertiary/aromatic N) is 1. The Balaban J connectivity index is 3.37. The zero-order valence-corrected chi connectivity index (χ0v) is 11.6. The predicted octanol–water partition coefficient (Wildman–Crippen LogP) is 3.18. The minimum atomic E-state index is -4.96. The van der Waals surface area contributed by atoms with Gasteiger partial charge in [0.15, 0.2) is 11.4 Å². The van der Waals surface area contributed by atoms with Crippen LogP contribution < -0.4 is 4.74 Å². The maximum Gasteiger partial charge on any atom is 0.573 e. The summed E-state index contributed by atoms with van der Waals surface area (Å²) in [7, 11) is 0. The molecule has 0 aliphatic rings. The maximum absolute atomic E-state index is 12.1. The van der Waals surface area contributed by atoms with E-state index in [1.165, 1.54) is 6.07 Å². The van der Waals surface area contributed by atoms with Crippen molar-refractivity contribution in [3.05, 3.63) is 21.0 Å². The maximum atomic E-state index is 12.1. The Bertz CT molecular complexity index is 452. The first kappa shape index (κ1) is 14.5. The van der Waals surface area contributed by atoms with Gasteiger partial charge in [-0.25, -0.2) is 9.78 Å². The van der Waals surface area contributed by atoms with Gasteiger partial charge < -0.3 is 9.84 Å². The van der Waals surface area contributed by atoms with Gasteiger partial charge in [0, 0.05) is 10.9 Å². The Kier molecular flexibility index (Phi) is 4.58. The third-order valence-electron chi connectivity index (χ3n) is 1.58. The topological polar surface area (TPSA) is 59.4 Å². The molecular weight excluding hydrogens is 422 g/mol. The molecule has 1 N–H and O–H groups in total. The van der Waals surface area contributed by atoms with Gasteiger partial charge in [-0.3, -0.25) is 0 Å². The van der Waals surface area contributed by atoms with E-state index >= 15 is 0 Å². The molecule has 0 aliphatic heterocycles. The van der Waals surface area contributed by atoms with Crippen LogP contribution in [-0.2, 0) is 5.33 Å². The lowest BCUT2D eigenvalue weighted by Gasteiger charge is -2.14. The molecule has 0 saturated carbocycles. The van der Waals surface area contributed by atoms with E-state index in [1.807, 2.05) is 0 Å². The van der Waals surface area contributed by atoms with Gasteiger partial charge in [-0.2, -0.15) is 0 Å². The number of aromatic nitrogens is 1. The van der Waals surface area contributed by atoms with E-state index in [9.17, 15) is 18.0 Å². The summed E-state index contributed by atoms with van der Waals surface area (Å²) in [6.45, 7) is 0. The lowest BCUT2D eigenvalue weighted by molar-refractivity contribution is -0.275. The second-order valence-electron chi connectivity index (χ2n) is 2.77. The highest BCUT2D eigenvalue weighted by Gasteiger charge is 2.35. The summed E-state index contributed by atoms with van der Waals surface area (Å²) in [6, 6.07) is 1.31. The summed E-state index contributed by atoms with van der Waals surface area (Å²) < 4.78 is 40.4. The number of carboxylic acid groups (broad SMARTS) is 1. The Hall–Kier alpha value is -0.580. The molecule has 9 heteroatoms. The predicted molar refractivity (Wildman–Crippen MR) is 63.2 cm³/mol. The van der Waals surface area contributed by atoms with E-state index in [0.29, 0.717) is 0 Å². The van der Waals surface area contributed by atoms with Crippen LogP contribution in [0.2, 0.25) is 0 Å². The van der Waals surface area contributed by atoms with Gasteiger partial charge in [-0.05, 0) is 28.7 Å². The molecule has 0 bridgehead atoms. The molecule has 0 atom stereocenters. The number of halogens is 5. The number of carboxylic acids is 1. The van der Waals surface area contributed by atoms with E-state index in [4.69, 9.17) is 5.11 Å². The van der Waals surface area contributed by atoms with Gasteiger partial charge in [0.25, 0.3) is 0 Å². The van der Waals surface area contributed by atoms with Crippen LogP contribution in [-0.4, -0.2) is 22.4 Å². The lowest BCUT2D eigenvalue weighted by Crippen LogP contribution is -2.21. The molecule has 4 nitrogen and oxygen atoms in total. The molecule has 0 aromatic carbocycles. The molecule has 0 saturated heterocycles. The van der Waals surface area contributed by atoms with Crippen molar-refractivity contribution in [2.24, 2.45) is 0 Å². The number of hydrogen-bond donors (Lipinski definition) is 1. The molecule has 1 aromatic heterocycles. The van der Waals surface area contributed by atoms with Crippen molar-refractivity contribution >= 4 is 44.5 Å². The van der Waals surface area contributed by atoms with E-state index < -0.39 is 23.8 Å². The molecule has 1 heterocycles. The van der Waals surface area contributed by atoms with E-state index in [1.54, 1.807) is 22.6 Å². The number of rotatable bonds is 3. The number of aromatic carboxylic acids is 1. The first-order valence-corrected chi connectivity index (χ1v) is 6.19. The zero-order valence-electron chi connectivity index (χ0n) is 7.89. The summed E-state index contributed by atoms with van der Waals surface area (Å²) >= 11 is 4.67. The molecule has 0 aliphatic carbocycles. The van der Waals surface area contributed by atoms with Gasteiger partial charge in [-0.15, -0.1) is 13.2 Å². The molecule has 0 spiro atoms. The van der Waals surface area contributed by atoms with Gasteiger partial charge in [0.2, 0.25) is 0 Å². The van der Waals surface area contributed by atoms with Crippen LogP contribution in [0.4, 0.5) is 13.2 Å². The Morgan fingerprint density at radius 3 is 2.59 bits per heavy atom. The van der Waals surface area contributed by atoms with Crippen molar-refractivity contribution in [1.29, 1.82) is 0 Å². The number of hydrogen-bond acceptors (Lipinski definition) is 3. The van der Waals surface area contributed by atoms with Crippen LogP contribution in [0.1, 0.15) is 16.1 Å². The quantitative estimate of drug-likeness (QED) is 0.459. The third kappa shape index (κ3) is 3.98. The van der Waals surface area contributed by atoms with Crippen molar-refractivity contribution in [3.63, 3.8) is 0 Å². The number of ether oxygens (including phenoxy) is 1. The van der Waals surface area contributed by atoms with Crippen molar-refractivity contribution in [2.45, 2.75) is 11.7 Å². The molecule has 1 rings (SSSR count). The highest BCUT2D eigenvalue weighted by molar-refractivity contribution is 14.1. The number of alkyl halides is 4. The fraction of sp³-hybridized carbons (Fsp3) is 0.250. The second-order valence-corrected chi connectivity index (χ2v) is 4.43. The largest absolute Gasteiger partial charge is 0.573 e. The van der Waals surface area contributed by atoms with Crippen molar-refractivity contribution in [1.82, 2.24) is 4.98 Å². The lowest BCUT2D eigenvalue weighted by atomic mass is 10.2. The van der Waals surface area contributed by atoms with Gasteiger partial charge >= 0.3 is 12.3 Å². The first-order valence-electron chi connectivity index (χ1n) is 3.99. The SMILES string of the molecule is O=C(O)c1nc(I)cc(CBr)c1OC(F)(F)F. The van der Waals surface area contributed by atoms with E-state index in [-0.39, 0.29) is 14.6 Å². The highest BCUT2D eigenvalue weighted by atomic mass is 127. The normalized spacial score (nSPS) is 11.4. The van der Waals surface area contributed by atoms with Crippen LogP contribution in [0.5, 0.6) is 5.75 Å². The van der Waals surface area contributed by atoms with Gasteiger partial charge in [0.1, 0.15) is 3.70 Å². The molecular formula is C8H4BrF3INO3. The molecule has 17 heavy (non-hydrogen) atoms. The summed E-state index contributed by atoms with van der Waals surface area (Å²) in [5.41, 5.74) is -0.692. The molecule has 1 aromatic rings. The van der Waals surface area contributed by atoms with E-state index in [0.717, 1.165) is 0 Å². The standard InChI is InChI=1S/C8H4BrF3INO3/c9-2-3-1-4(13)14-5(7(15)16)6(3)17-8(10,11)12/h1H,2H2,(H,15,16). The number of carbonyl (C=O) groups is 1. The third-order valence-corrected chi connectivity index (χ3v) is 2.74. The van der Waals surface area contributed by atoms with Gasteiger partial charge in [0.05, 0.1) is 0 Å². The van der Waals surface area contributed by atoms with Crippen LogP contribution in [0.3, 0.4) is 0 Å². The second kappa shape index (κ2) is 5.38. The van der Waals surface area contributed by atoms with Gasteiger partial charge in [-0.1, -0.05) is 15.9 Å². The van der Waals surface area contributed by atoms with Crippen molar-refractivity contribution in [2.75, 3.05) is 0 Å². The molecule has 0 amide bonds. The van der Waals surface area contributed by atoms with Crippen molar-refractivity contribution < 1.29 is 27.8 Å². The average molecular weight is 426 g/mol. The Labute approximate surface area is 115 Å². The van der Waals surface area contributed by atoms with Crippen LogP contribution in [0.25, 0.3) is 0 Å². The summed E-state index contributed by atoms with van der Waals surface area (Å²) in [5.74, 6) is -2.37. The smallest absolute Gasteiger partial charge is 0.476 e. The molecule has 0 unspecified atom stereocenters. The molecule has 0 fully saturated rings. The average Bonchev–Trinajstić information content (AvgIpc) is 2.17. The summed E-state index contributed by atoms with van der Waals surface area (Å²) in [5, 5.41) is 8.80. The molecule has 94 valence electrons. The van der Waals surface area contributed by atoms with Crippen LogP contribution in [0.15, 0.2) is 6.07 Å². The fourth-order valence-electron chi connectivity index (χ4n) is 1.03. The Morgan fingerprint density at radius 2 is 2.18 bits per heavy atom. The fourth-order valence-corrected chi connectivity index (χ4v) is 2.06. The number of pyridine rings is 1. The zero-order chi connectivity index (χ0) is 13.2. The first-order chi connectivity index (χ1) is 7.74. The summed E-state index contributed by atoms with van der Waals surface area (Å²) in [4.78, 5) is 14.3. The summed E-state index contributed by atoms with van der Waals surface area (Å²) in [6.07, 6.45) is -4.96. The van der Waals surface area contributed by atoms with Crippen molar-refractivity contribution in [3.8, 4) is 5.75 Å². The minimum Gasteiger partial charge on any atom is -0.476 e. The Morgan fingerprint density at radius 1 is 1.59 bits per heavy atom. The minimum absolute atomic E-state index is 0.0250.